The molecule has 0 spiro atoms. The van der Waals surface area contributed by atoms with Crippen LogP contribution in [0, 0.1) is 5.92 Å². The number of hydrogen-bond acceptors (Lipinski definition) is 3. The number of amides is 1. The van der Waals surface area contributed by atoms with Crippen molar-refractivity contribution in [3.05, 3.63) is 35.9 Å². The van der Waals surface area contributed by atoms with Crippen LogP contribution in [0.2, 0.25) is 0 Å². The number of nitrogens with zero attached hydrogens (tertiary/aromatic N) is 1. The van der Waals surface area contributed by atoms with Crippen molar-refractivity contribution < 1.29 is 23.8 Å². The molecule has 3 rings (SSSR count). The number of fused-ring (bicyclic) bond motifs is 2. The number of rotatable bonds is 3. The van der Waals surface area contributed by atoms with Crippen molar-refractivity contribution in [2.45, 2.75) is 37.7 Å². The third-order valence-corrected chi connectivity index (χ3v) is 4.27. The third kappa shape index (κ3) is 2.46. The molecule has 1 aliphatic carbocycles. The van der Waals surface area contributed by atoms with Crippen molar-refractivity contribution >= 4 is 12.1 Å². The van der Waals surface area contributed by atoms with Crippen molar-refractivity contribution in [1.29, 1.82) is 0 Å². The summed E-state index contributed by atoms with van der Waals surface area (Å²) in [6, 6.07) is 7.66. The lowest BCUT2D eigenvalue weighted by molar-refractivity contribution is -0.145. The van der Waals surface area contributed by atoms with Crippen molar-refractivity contribution in [2.24, 2.45) is 5.92 Å². The molecule has 2 fully saturated rings. The molecule has 1 N–H and O–H groups in total. The minimum atomic E-state index is -1.17. The molecule has 4 atom stereocenters. The number of carbonyl (C=O) groups is 2. The van der Waals surface area contributed by atoms with E-state index in [1.807, 2.05) is 30.3 Å². The second kappa shape index (κ2) is 5.35. The lowest BCUT2D eigenvalue weighted by atomic mass is 9.97. The number of carbonyl (C=O) groups excluding carboxylic acids is 1. The van der Waals surface area contributed by atoms with Crippen LogP contribution in [-0.4, -0.2) is 40.3 Å². The summed E-state index contributed by atoms with van der Waals surface area (Å²) in [6.07, 6.45) is -1.21. The van der Waals surface area contributed by atoms with Crippen LogP contribution in [-0.2, 0) is 16.1 Å². The summed E-state index contributed by atoms with van der Waals surface area (Å²) >= 11 is 0. The van der Waals surface area contributed by atoms with Gasteiger partial charge in [0, 0.05) is 12.0 Å². The summed E-state index contributed by atoms with van der Waals surface area (Å²) < 4.78 is 18.9. The van der Waals surface area contributed by atoms with Crippen LogP contribution in [0.25, 0.3) is 0 Å². The van der Waals surface area contributed by atoms with Gasteiger partial charge in [0.25, 0.3) is 0 Å². The van der Waals surface area contributed by atoms with Crippen molar-refractivity contribution in [1.82, 2.24) is 4.90 Å². The van der Waals surface area contributed by atoms with Gasteiger partial charge in [0.1, 0.15) is 18.8 Å². The molecule has 1 amide bonds. The highest BCUT2D eigenvalue weighted by Crippen LogP contribution is 2.44. The van der Waals surface area contributed by atoms with E-state index >= 15 is 0 Å². The zero-order valence-corrected chi connectivity index (χ0v) is 11.3. The first kappa shape index (κ1) is 13.9. The molecule has 5 nitrogen and oxygen atoms in total. The number of alkyl halides is 1. The fraction of sp³-hybridized carbons (Fsp3) is 0.467. The fourth-order valence-corrected chi connectivity index (χ4v) is 3.34. The highest BCUT2D eigenvalue weighted by Gasteiger charge is 2.57. The standard InChI is InChI=1S/C15H16FNO4/c16-12-7-10-6-11(12)13(14(18)19)17(10)15(20)21-8-9-4-2-1-3-5-9/h1-5,10-13H,6-8H2,(H,18,19)/t10-,11-,12?,13+/m1/s1. The Kier molecular flexibility index (Phi) is 3.53. The number of piperidine rings is 1. The van der Waals surface area contributed by atoms with Crippen LogP contribution in [0.4, 0.5) is 9.18 Å². The Morgan fingerprint density at radius 3 is 2.67 bits per heavy atom. The molecule has 1 saturated heterocycles. The lowest BCUT2D eigenvalue weighted by Gasteiger charge is -2.33. The summed E-state index contributed by atoms with van der Waals surface area (Å²) in [5, 5.41) is 9.24. The number of ether oxygens (including phenoxy) is 1. The van der Waals surface area contributed by atoms with Gasteiger partial charge in [-0.05, 0) is 18.4 Å². The minimum absolute atomic E-state index is 0.0823. The molecule has 1 aliphatic heterocycles. The second-order valence-electron chi connectivity index (χ2n) is 5.54. The Morgan fingerprint density at radius 2 is 2.00 bits per heavy atom. The molecular weight excluding hydrogens is 277 g/mol. The molecule has 0 aromatic heterocycles. The first-order chi connectivity index (χ1) is 10.1. The van der Waals surface area contributed by atoms with Gasteiger partial charge in [-0.1, -0.05) is 30.3 Å². The largest absolute Gasteiger partial charge is 0.480 e. The molecule has 1 heterocycles. The average molecular weight is 293 g/mol. The van der Waals surface area contributed by atoms with Crippen LogP contribution in [0.3, 0.4) is 0 Å². The number of benzene rings is 1. The zero-order chi connectivity index (χ0) is 15.0. The Morgan fingerprint density at radius 1 is 1.29 bits per heavy atom. The molecule has 1 saturated carbocycles. The van der Waals surface area contributed by atoms with Crippen molar-refractivity contribution in [3.63, 3.8) is 0 Å². The highest BCUT2D eigenvalue weighted by atomic mass is 19.1. The first-order valence-corrected chi connectivity index (χ1v) is 6.94. The number of hydrogen-bond donors (Lipinski definition) is 1. The van der Waals surface area contributed by atoms with Crippen LogP contribution in [0.1, 0.15) is 18.4 Å². The Bertz CT molecular complexity index is 550. The monoisotopic (exact) mass is 293 g/mol. The molecule has 1 unspecified atom stereocenters. The number of carboxylic acids is 1. The smallest absolute Gasteiger partial charge is 0.411 e. The molecule has 2 bridgehead atoms. The summed E-state index contributed by atoms with van der Waals surface area (Å²) in [7, 11) is 0. The minimum Gasteiger partial charge on any atom is -0.480 e. The van der Waals surface area contributed by atoms with Gasteiger partial charge in [-0.15, -0.1) is 0 Å². The predicted octanol–water partition coefficient (Wildman–Crippen LogP) is 2.21. The topological polar surface area (TPSA) is 66.8 Å². The second-order valence-corrected chi connectivity index (χ2v) is 5.54. The van der Waals surface area contributed by atoms with Gasteiger partial charge in [0.05, 0.1) is 0 Å². The molecule has 112 valence electrons. The molecular formula is C15H16FNO4. The molecule has 1 aromatic rings. The average Bonchev–Trinajstić information content (AvgIpc) is 3.02. The molecule has 2 aliphatic rings. The number of carboxylic acid groups (broad SMARTS) is 1. The van der Waals surface area contributed by atoms with Gasteiger partial charge in [0.2, 0.25) is 0 Å². The van der Waals surface area contributed by atoms with E-state index in [0.717, 1.165) is 5.56 Å². The first-order valence-electron chi connectivity index (χ1n) is 6.94. The van der Waals surface area contributed by atoms with E-state index in [1.54, 1.807) is 0 Å². The van der Waals surface area contributed by atoms with Crippen LogP contribution in [0.5, 0.6) is 0 Å². The fourth-order valence-electron chi connectivity index (χ4n) is 3.34. The summed E-state index contributed by atoms with van der Waals surface area (Å²) in [6.45, 7) is 0.0823. The maximum absolute atomic E-state index is 13.7. The van der Waals surface area contributed by atoms with E-state index in [2.05, 4.69) is 0 Å². The Balaban J connectivity index is 1.68. The molecule has 1 aromatic carbocycles. The molecule has 21 heavy (non-hydrogen) atoms. The Hall–Kier alpha value is -2.11. The van der Waals surface area contributed by atoms with Gasteiger partial charge in [-0.25, -0.2) is 14.0 Å². The predicted molar refractivity (Wildman–Crippen MR) is 71.3 cm³/mol. The van der Waals surface area contributed by atoms with E-state index in [9.17, 15) is 19.1 Å². The van der Waals surface area contributed by atoms with Crippen LogP contribution < -0.4 is 0 Å². The number of halogens is 1. The quantitative estimate of drug-likeness (QED) is 0.928. The van der Waals surface area contributed by atoms with Gasteiger partial charge in [0.15, 0.2) is 0 Å². The SMILES string of the molecule is O=C(O)[C@@H]1[C@@H]2C[C@H](CC2F)N1C(=O)OCc1ccccc1. The van der Waals surface area contributed by atoms with Gasteiger partial charge < -0.3 is 9.84 Å². The van der Waals surface area contributed by atoms with Gasteiger partial charge in [-0.3, -0.25) is 4.90 Å². The number of aliphatic carboxylic acids is 1. The molecule has 0 radical (unpaired) electrons. The highest BCUT2D eigenvalue weighted by molar-refractivity contribution is 5.82. The van der Waals surface area contributed by atoms with Crippen molar-refractivity contribution in [2.75, 3.05) is 0 Å². The normalized spacial score (nSPS) is 30.4. The maximum Gasteiger partial charge on any atom is 0.411 e. The van der Waals surface area contributed by atoms with E-state index in [4.69, 9.17) is 4.74 Å². The van der Waals surface area contributed by atoms with Crippen LogP contribution in [0.15, 0.2) is 30.3 Å². The van der Waals surface area contributed by atoms with E-state index in [1.165, 1.54) is 4.90 Å². The van der Waals surface area contributed by atoms with Gasteiger partial charge in [-0.2, -0.15) is 0 Å². The lowest BCUT2D eigenvalue weighted by Crippen LogP contribution is -2.51. The van der Waals surface area contributed by atoms with Gasteiger partial charge >= 0.3 is 12.1 Å². The van der Waals surface area contributed by atoms with Crippen molar-refractivity contribution in [3.8, 4) is 0 Å². The van der Waals surface area contributed by atoms with E-state index in [-0.39, 0.29) is 19.1 Å². The third-order valence-electron chi connectivity index (χ3n) is 4.27. The summed E-state index contributed by atoms with van der Waals surface area (Å²) in [5.74, 6) is -1.78. The summed E-state index contributed by atoms with van der Waals surface area (Å²) in [4.78, 5) is 24.7. The summed E-state index contributed by atoms with van der Waals surface area (Å²) in [5.41, 5.74) is 0.824. The Labute approximate surface area is 121 Å². The molecule has 6 heteroatoms. The maximum atomic E-state index is 13.7. The number of likely N-dealkylation sites (tertiary alicyclic amines) is 1. The van der Waals surface area contributed by atoms with Crippen LogP contribution >= 0.6 is 0 Å². The zero-order valence-electron chi connectivity index (χ0n) is 11.3. The van der Waals surface area contributed by atoms with E-state index < -0.39 is 30.2 Å². The van der Waals surface area contributed by atoms with E-state index in [0.29, 0.717) is 6.42 Å².